The fourth-order valence-electron chi connectivity index (χ4n) is 3.36. The van der Waals surface area contributed by atoms with Crippen LogP contribution < -0.4 is 15.5 Å². The minimum absolute atomic E-state index is 0.0479. The highest BCUT2D eigenvalue weighted by molar-refractivity contribution is 6.46. The zero-order valence-electron chi connectivity index (χ0n) is 16.6. The maximum atomic E-state index is 13.7. The Bertz CT molecular complexity index is 1200. The van der Waals surface area contributed by atoms with Gasteiger partial charge in [-0.3, -0.25) is 14.4 Å². The molecule has 0 fully saturated rings. The topological polar surface area (TPSA) is 78.5 Å². The summed E-state index contributed by atoms with van der Waals surface area (Å²) in [6.45, 7) is 1.40. The number of hydrogen-bond donors (Lipinski definition) is 2. The van der Waals surface area contributed by atoms with Gasteiger partial charge in [0.1, 0.15) is 11.5 Å². The quantitative estimate of drug-likeness (QED) is 0.613. The van der Waals surface area contributed by atoms with Crippen molar-refractivity contribution < 1.29 is 18.8 Å². The summed E-state index contributed by atoms with van der Waals surface area (Å²) in [5, 5.41) is 5.57. The van der Waals surface area contributed by atoms with Crippen molar-refractivity contribution in [1.29, 1.82) is 0 Å². The van der Waals surface area contributed by atoms with Crippen molar-refractivity contribution in [3.63, 3.8) is 0 Å². The summed E-state index contributed by atoms with van der Waals surface area (Å²) in [6.07, 6.45) is 0. The van der Waals surface area contributed by atoms with Gasteiger partial charge in [-0.1, -0.05) is 36.4 Å². The van der Waals surface area contributed by atoms with Gasteiger partial charge < -0.3 is 10.6 Å². The highest BCUT2D eigenvalue weighted by Gasteiger charge is 2.40. The summed E-state index contributed by atoms with van der Waals surface area (Å²) in [4.78, 5) is 38.9. The Balaban J connectivity index is 1.78. The van der Waals surface area contributed by atoms with E-state index in [1.165, 1.54) is 25.1 Å². The molecule has 0 aromatic heterocycles. The van der Waals surface area contributed by atoms with E-state index in [0.717, 1.165) is 4.90 Å². The zero-order valence-corrected chi connectivity index (χ0v) is 16.6. The maximum absolute atomic E-state index is 13.7. The van der Waals surface area contributed by atoms with Gasteiger partial charge in [0.25, 0.3) is 11.8 Å². The molecule has 3 aromatic carbocycles. The van der Waals surface area contributed by atoms with Crippen molar-refractivity contribution in [3.8, 4) is 0 Å². The maximum Gasteiger partial charge on any atom is 0.282 e. The Kier molecular flexibility index (Phi) is 5.32. The van der Waals surface area contributed by atoms with Gasteiger partial charge in [-0.2, -0.15) is 0 Å². The molecule has 3 amide bonds. The number of anilines is 3. The van der Waals surface area contributed by atoms with Crippen LogP contribution in [0.4, 0.5) is 21.5 Å². The molecule has 1 heterocycles. The lowest BCUT2D eigenvalue weighted by Gasteiger charge is -2.15. The number of nitrogens with one attached hydrogen (secondary N) is 2. The number of nitrogens with zero attached hydrogens (tertiary/aromatic N) is 1. The van der Waals surface area contributed by atoms with E-state index in [-0.39, 0.29) is 17.2 Å². The van der Waals surface area contributed by atoms with Crippen LogP contribution in [0.15, 0.2) is 84.6 Å². The summed E-state index contributed by atoms with van der Waals surface area (Å²) in [5.41, 5.74) is 2.04. The van der Waals surface area contributed by atoms with Gasteiger partial charge in [-0.05, 0) is 48.0 Å². The van der Waals surface area contributed by atoms with Crippen LogP contribution in [0.2, 0.25) is 0 Å². The Morgan fingerprint density at radius 3 is 2.19 bits per heavy atom. The molecule has 0 aliphatic carbocycles. The number of rotatable bonds is 5. The molecule has 0 saturated heterocycles. The summed E-state index contributed by atoms with van der Waals surface area (Å²) in [7, 11) is 0. The second kappa shape index (κ2) is 8.23. The Morgan fingerprint density at radius 2 is 1.55 bits per heavy atom. The second-order valence-corrected chi connectivity index (χ2v) is 6.93. The van der Waals surface area contributed by atoms with Crippen molar-refractivity contribution in [3.05, 3.63) is 95.9 Å². The third-order valence-corrected chi connectivity index (χ3v) is 4.69. The van der Waals surface area contributed by atoms with E-state index < -0.39 is 17.6 Å². The first-order chi connectivity index (χ1) is 14.9. The number of para-hydroxylation sites is 1. The summed E-state index contributed by atoms with van der Waals surface area (Å²) in [6, 6.07) is 20.8. The van der Waals surface area contributed by atoms with Crippen molar-refractivity contribution in [1.82, 2.24) is 0 Å². The lowest BCUT2D eigenvalue weighted by Crippen LogP contribution is -2.32. The Labute approximate surface area is 178 Å². The number of benzene rings is 3. The zero-order chi connectivity index (χ0) is 22.0. The summed E-state index contributed by atoms with van der Waals surface area (Å²) in [5.74, 6) is -1.73. The number of carbonyl (C=O) groups is 3. The molecule has 0 unspecified atom stereocenters. The van der Waals surface area contributed by atoms with Crippen LogP contribution in [-0.2, 0) is 14.4 Å². The SMILES string of the molecule is CC(=O)Nc1ccc(C2=C(Nc3cccc(F)c3)C(=O)N(c3ccccc3)C2=O)cc1. The fraction of sp³-hybridized carbons (Fsp3) is 0.0417. The second-order valence-electron chi connectivity index (χ2n) is 6.93. The van der Waals surface area contributed by atoms with Crippen LogP contribution in [0.5, 0.6) is 0 Å². The van der Waals surface area contributed by atoms with Gasteiger partial charge in [0, 0.05) is 18.3 Å². The van der Waals surface area contributed by atoms with Crippen LogP contribution in [0.25, 0.3) is 5.57 Å². The molecule has 1 aliphatic heterocycles. The van der Waals surface area contributed by atoms with Crippen LogP contribution in [0.1, 0.15) is 12.5 Å². The number of carbonyl (C=O) groups excluding carboxylic acids is 3. The van der Waals surface area contributed by atoms with Gasteiger partial charge in [0.15, 0.2) is 0 Å². The summed E-state index contributed by atoms with van der Waals surface area (Å²) < 4.78 is 13.7. The highest BCUT2D eigenvalue weighted by Crippen LogP contribution is 2.34. The smallest absolute Gasteiger partial charge is 0.282 e. The molecule has 6 nitrogen and oxygen atoms in total. The average Bonchev–Trinajstić information content (AvgIpc) is 2.98. The van der Waals surface area contributed by atoms with Crippen molar-refractivity contribution in [2.45, 2.75) is 6.92 Å². The summed E-state index contributed by atoms with van der Waals surface area (Å²) >= 11 is 0. The van der Waals surface area contributed by atoms with Gasteiger partial charge in [0.2, 0.25) is 5.91 Å². The van der Waals surface area contributed by atoms with Gasteiger partial charge in [-0.15, -0.1) is 0 Å². The molecule has 2 N–H and O–H groups in total. The molecular formula is C24H18FN3O3. The van der Waals surface area contributed by atoms with Crippen LogP contribution >= 0.6 is 0 Å². The molecule has 4 rings (SSSR count). The lowest BCUT2D eigenvalue weighted by atomic mass is 10.0. The van der Waals surface area contributed by atoms with E-state index in [0.29, 0.717) is 22.6 Å². The Hall–Kier alpha value is -4.26. The first-order valence-corrected chi connectivity index (χ1v) is 9.53. The highest BCUT2D eigenvalue weighted by atomic mass is 19.1. The molecule has 31 heavy (non-hydrogen) atoms. The van der Waals surface area contributed by atoms with E-state index in [1.807, 2.05) is 0 Å². The van der Waals surface area contributed by atoms with E-state index in [9.17, 15) is 18.8 Å². The van der Waals surface area contributed by atoms with Gasteiger partial charge in [0.05, 0.1) is 11.3 Å². The molecule has 0 bridgehead atoms. The standard InChI is InChI=1S/C24H18FN3O3/c1-15(29)26-18-12-10-16(11-13-18)21-22(27-19-7-5-6-17(25)14-19)24(31)28(23(21)30)20-8-3-2-4-9-20/h2-14,27H,1H3,(H,26,29). The fourth-order valence-corrected chi connectivity index (χ4v) is 3.36. The first kappa shape index (κ1) is 20.0. The van der Waals surface area contributed by atoms with E-state index in [1.54, 1.807) is 60.7 Å². The first-order valence-electron chi connectivity index (χ1n) is 9.53. The van der Waals surface area contributed by atoms with Crippen molar-refractivity contribution in [2.75, 3.05) is 15.5 Å². The normalized spacial score (nSPS) is 13.5. The molecule has 7 heteroatoms. The number of hydrogen-bond acceptors (Lipinski definition) is 4. The molecule has 1 aliphatic rings. The monoisotopic (exact) mass is 415 g/mol. The van der Waals surface area contributed by atoms with Crippen molar-refractivity contribution in [2.24, 2.45) is 0 Å². The molecule has 0 radical (unpaired) electrons. The minimum atomic E-state index is -0.540. The molecular weight excluding hydrogens is 397 g/mol. The average molecular weight is 415 g/mol. The van der Waals surface area contributed by atoms with Crippen LogP contribution in [0, 0.1) is 5.82 Å². The number of imide groups is 1. The minimum Gasteiger partial charge on any atom is -0.350 e. The molecule has 0 atom stereocenters. The van der Waals surface area contributed by atoms with Gasteiger partial charge >= 0.3 is 0 Å². The van der Waals surface area contributed by atoms with E-state index in [2.05, 4.69) is 10.6 Å². The van der Waals surface area contributed by atoms with Crippen LogP contribution in [0.3, 0.4) is 0 Å². The molecule has 0 saturated carbocycles. The lowest BCUT2D eigenvalue weighted by molar-refractivity contribution is -0.120. The third-order valence-electron chi connectivity index (χ3n) is 4.69. The van der Waals surface area contributed by atoms with E-state index >= 15 is 0 Å². The predicted octanol–water partition coefficient (Wildman–Crippen LogP) is 4.18. The van der Waals surface area contributed by atoms with Crippen LogP contribution in [-0.4, -0.2) is 17.7 Å². The van der Waals surface area contributed by atoms with Gasteiger partial charge in [-0.25, -0.2) is 9.29 Å². The number of halogens is 1. The molecule has 154 valence electrons. The third kappa shape index (κ3) is 4.06. The number of amides is 3. The predicted molar refractivity (Wildman–Crippen MR) is 117 cm³/mol. The van der Waals surface area contributed by atoms with Crippen molar-refractivity contribution >= 4 is 40.4 Å². The largest absolute Gasteiger partial charge is 0.350 e. The molecule has 3 aromatic rings. The molecule has 0 spiro atoms. The van der Waals surface area contributed by atoms with E-state index in [4.69, 9.17) is 0 Å². The Morgan fingerprint density at radius 1 is 0.839 bits per heavy atom.